The third-order valence-electron chi connectivity index (χ3n) is 6.02. The van der Waals surface area contributed by atoms with Gasteiger partial charge in [-0.3, -0.25) is 4.79 Å². The molecule has 3 aromatic rings. The van der Waals surface area contributed by atoms with Gasteiger partial charge in [0.15, 0.2) is 5.11 Å². The maximum absolute atomic E-state index is 12.8. The Kier molecular flexibility index (Phi) is 11.9. The van der Waals surface area contributed by atoms with E-state index in [0.717, 1.165) is 42.6 Å². The van der Waals surface area contributed by atoms with E-state index in [1.165, 1.54) is 0 Å². The highest BCUT2D eigenvalue weighted by molar-refractivity contribution is 7.80. The molecule has 0 aliphatic rings. The highest BCUT2D eigenvalue weighted by atomic mass is 35.5. The Hall–Kier alpha value is -3.12. The number of nitrogens with zero attached hydrogens (tertiary/aromatic N) is 4. The molecule has 2 N–H and O–H groups in total. The van der Waals surface area contributed by atoms with E-state index in [4.69, 9.17) is 40.7 Å². The van der Waals surface area contributed by atoms with Crippen molar-refractivity contribution in [1.82, 2.24) is 25.1 Å². The van der Waals surface area contributed by atoms with E-state index in [2.05, 4.69) is 28.6 Å². The van der Waals surface area contributed by atoms with Crippen molar-refractivity contribution in [3.63, 3.8) is 0 Å². The molecule has 0 aliphatic heterocycles. The lowest BCUT2D eigenvalue weighted by Gasteiger charge is -2.27. The highest BCUT2D eigenvalue weighted by Crippen LogP contribution is 2.26. The van der Waals surface area contributed by atoms with Gasteiger partial charge in [-0.25, -0.2) is 4.98 Å². The van der Waals surface area contributed by atoms with Crippen molar-refractivity contribution in [2.24, 2.45) is 0 Å². The van der Waals surface area contributed by atoms with Crippen molar-refractivity contribution >= 4 is 46.4 Å². The van der Waals surface area contributed by atoms with E-state index < -0.39 is 0 Å². The van der Waals surface area contributed by atoms with Crippen molar-refractivity contribution < 1.29 is 4.79 Å². The molecule has 0 saturated carbocycles. The predicted octanol–water partition coefficient (Wildman–Crippen LogP) is 5.34. The second-order valence-electron chi connectivity index (χ2n) is 8.92. The first-order valence-corrected chi connectivity index (χ1v) is 13.8. The van der Waals surface area contributed by atoms with Gasteiger partial charge in [-0.05, 0) is 48.0 Å². The van der Waals surface area contributed by atoms with E-state index in [1.807, 2.05) is 33.7 Å². The number of imidazole rings is 1. The van der Waals surface area contributed by atoms with Gasteiger partial charge in [-0.15, -0.1) is 0 Å². The summed E-state index contributed by atoms with van der Waals surface area (Å²) in [5.74, 6) is -0.103. The molecular weight excluding hydrogens is 539 g/mol. The largest absolute Gasteiger partial charge is 0.363 e. The SMILES string of the molecule is CCCCCNC(=S)N(CCNC(=O)Cc1cncn1Cc1ccc(C#N)cc1)Cc1cccc(Cl)c1Cl. The molecule has 0 unspecified atom stereocenters. The van der Waals surface area contributed by atoms with E-state index in [9.17, 15) is 4.79 Å². The lowest BCUT2D eigenvalue weighted by Crippen LogP contribution is -2.44. The van der Waals surface area contributed by atoms with E-state index >= 15 is 0 Å². The van der Waals surface area contributed by atoms with Gasteiger partial charge < -0.3 is 20.1 Å². The lowest BCUT2D eigenvalue weighted by atomic mass is 10.1. The normalized spacial score (nSPS) is 10.6. The zero-order valence-corrected chi connectivity index (χ0v) is 23.7. The Bertz CT molecular complexity index is 1250. The lowest BCUT2D eigenvalue weighted by molar-refractivity contribution is -0.120. The van der Waals surface area contributed by atoms with Crippen LogP contribution in [0.2, 0.25) is 10.0 Å². The van der Waals surface area contributed by atoms with Crippen LogP contribution in [0.4, 0.5) is 0 Å². The first kappa shape index (κ1) is 29.4. The molecular formula is C28H32Cl2N6OS. The molecule has 38 heavy (non-hydrogen) atoms. The van der Waals surface area contributed by atoms with Gasteiger partial charge >= 0.3 is 0 Å². The molecule has 0 aliphatic carbocycles. The summed E-state index contributed by atoms with van der Waals surface area (Å²) >= 11 is 18.3. The monoisotopic (exact) mass is 570 g/mol. The number of nitriles is 1. The van der Waals surface area contributed by atoms with Gasteiger partial charge in [-0.2, -0.15) is 5.26 Å². The second kappa shape index (κ2) is 15.3. The number of aromatic nitrogens is 2. The van der Waals surface area contributed by atoms with Crippen LogP contribution in [0.1, 0.15) is 48.6 Å². The van der Waals surface area contributed by atoms with E-state index in [1.54, 1.807) is 30.7 Å². The summed E-state index contributed by atoms with van der Waals surface area (Å²) in [6.45, 7) is 4.93. The molecule has 1 heterocycles. The van der Waals surface area contributed by atoms with Crippen LogP contribution in [0.25, 0.3) is 0 Å². The number of amides is 1. The van der Waals surface area contributed by atoms with Crippen LogP contribution in [-0.4, -0.2) is 45.1 Å². The summed E-state index contributed by atoms with van der Waals surface area (Å²) in [7, 11) is 0. The van der Waals surface area contributed by atoms with E-state index in [-0.39, 0.29) is 12.3 Å². The Morgan fingerprint density at radius 2 is 1.92 bits per heavy atom. The smallest absolute Gasteiger partial charge is 0.226 e. The van der Waals surface area contributed by atoms with Crippen molar-refractivity contribution in [3.8, 4) is 6.07 Å². The third-order valence-corrected chi connectivity index (χ3v) is 7.28. The number of carbonyl (C=O) groups excluding carboxylic acids is 1. The first-order valence-electron chi connectivity index (χ1n) is 12.6. The van der Waals surface area contributed by atoms with Gasteiger partial charge in [0.25, 0.3) is 0 Å². The van der Waals surface area contributed by atoms with Crippen LogP contribution >= 0.6 is 35.4 Å². The number of rotatable bonds is 13. The van der Waals surface area contributed by atoms with Crippen molar-refractivity contribution in [3.05, 3.63) is 87.4 Å². The minimum absolute atomic E-state index is 0.103. The average molecular weight is 572 g/mol. The minimum Gasteiger partial charge on any atom is -0.363 e. The zero-order valence-electron chi connectivity index (χ0n) is 21.4. The van der Waals surface area contributed by atoms with Crippen LogP contribution < -0.4 is 10.6 Å². The summed E-state index contributed by atoms with van der Waals surface area (Å²) in [5.41, 5.74) is 3.32. The Morgan fingerprint density at radius 3 is 2.66 bits per heavy atom. The summed E-state index contributed by atoms with van der Waals surface area (Å²) in [6, 6.07) is 15.0. The van der Waals surface area contributed by atoms with Gasteiger partial charge in [0.2, 0.25) is 5.91 Å². The van der Waals surface area contributed by atoms with Crippen LogP contribution in [0, 0.1) is 11.3 Å². The first-order chi connectivity index (χ1) is 18.4. The molecule has 2 aromatic carbocycles. The fraction of sp³-hybridized carbons (Fsp3) is 0.357. The summed E-state index contributed by atoms with van der Waals surface area (Å²) in [6.07, 6.45) is 6.92. The number of hydrogen-bond donors (Lipinski definition) is 2. The fourth-order valence-corrected chi connectivity index (χ4v) is 4.52. The minimum atomic E-state index is -0.103. The van der Waals surface area contributed by atoms with Crippen molar-refractivity contribution in [1.29, 1.82) is 5.26 Å². The van der Waals surface area contributed by atoms with Crippen molar-refractivity contribution in [2.45, 2.75) is 45.7 Å². The van der Waals surface area contributed by atoms with Crippen molar-refractivity contribution in [2.75, 3.05) is 19.6 Å². The van der Waals surface area contributed by atoms with Gasteiger partial charge in [0.05, 0.1) is 34.4 Å². The molecule has 200 valence electrons. The predicted molar refractivity (Wildman–Crippen MR) is 156 cm³/mol. The molecule has 0 atom stereocenters. The molecule has 1 aromatic heterocycles. The van der Waals surface area contributed by atoms with Gasteiger partial charge in [0.1, 0.15) is 0 Å². The Balaban J connectivity index is 1.56. The topological polar surface area (TPSA) is 86.0 Å². The highest BCUT2D eigenvalue weighted by Gasteiger charge is 2.15. The van der Waals surface area contributed by atoms with Crippen LogP contribution in [0.3, 0.4) is 0 Å². The molecule has 1 amide bonds. The number of halogens is 2. The molecule has 0 spiro atoms. The molecule has 0 radical (unpaired) electrons. The number of thiocarbonyl (C=S) groups is 1. The quantitative estimate of drug-likeness (QED) is 0.213. The Morgan fingerprint density at radius 1 is 1.13 bits per heavy atom. The summed E-state index contributed by atoms with van der Waals surface area (Å²) < 4.78 is 1.93. The average Bonchev–Trinajstić information content (AvgIpc) is 3.34. The molecule has 0 bridgehead atoms. The molecule has 0 saturated heterocycles. The Labute approximate surface area is 239 Å². The van der Waals surface area contributed by atoms with Gasteiger partial charge in [0, 0.05) is 44.6 Å². The number of benzene rings is 2. The van der Waals surface area contributed by atoms with Gasteiger partial charge in [-0.1, -0.05) is 67.2 Å². The second-order valence-corrected chi connectivity index (χ2v) is 10.1. The van der Waals surface area contributed by atoms with Crippen LogP contribution in [0.15, 0.2) is 55.0 Å². The fourth-order valence-electron chi connectivity index (χ4n) is 3.89. The standard InChI is InChI=1S/C28H32Cl2N6OS/c1-2-3-4-12-34-28(38)35(19-23-6-5-7-25(29)27(23)30)14-13-33-26(37)15-24-17-32-20-36(24)18-22-10-8-21(16-31)9-11-22/h5-11,17,20H,2-4,12-15,18-19H2,1H3,(H,33,37)(H,34,38). The number of nitrogens with one attached hydrogen (secondary N) is 2. The zero-order chi connectivity index (χ0) is 27.3. The number of carbonyl (C=O) groups is 1. The molecule has 10 heteroatoms. The maximum atomic E-state index is 12.8. The molecule has 7 nitrogen and oxygen atoms in total. The van der Waals surface area contributed by atoms with Crippen LogP contribution in [0.5, 0.6) is 0 Å². The van der Waals surface area contributed by atoms with Crippen LogP contribution in [-0.2, 0) is 24.3 Å². The van der Waals surface area contributed by atoms with E-state index in [0.29, 0.717) is 46.9 Å². The molecule has 0 fully saturated rings. The number of hydrogen-bond acceptors (Lipinski definition) is 4. The maximum Gasteiger partial charge on any atom is 0.226 e. The third kappa shape index (κ3) is 9.02. The number of unbranched alkanes of at least 4 members (excludes halogenated alkanes) is 2. The summed E-state index contributed by atoms with van der Waals surface area (Å²) in [4.78, 5) is 19.0. The summed E-state index contributed by atoms with van der Waals surface area (Å²) in [5, 5.41) is 16.9. The molecule has 3 rings (SSSR count).